The summed E-state index contributed by atoms with van der Waals surface area (Å²) in [5.41, 5.74) is 3.77. The van der Waals surface area contributed by atoms with Crippen molar-refractivity contribution in [2.45, 2.75) is 6.92 Å². The zero-order chi connectivity index (χ0) is 17.6. The third kappa shape index (κ3) is 4.26. The van der Waals surface area contributed by atoms with Crippen LogP contribution in [-0.4, -0.2) is 31.4 Å². The number of ether oxygens (including phenoxy) is 3. The molecule has 0 atom stereocenters. The summed E-state index contributed by atoms with van der Waals surface area (Å²) in [5, 5.41) is 4.02. The number of hydrazone groups is 1. The average molecular weight is 344 g/mol. The van der Waals surface area contributed by atoms with Gasteiger partial charge in [0.05, 0.1) is 5.71 Å². The number of benzene rings is 2. The van der Waals surface area contributed by atoms with E-state index in [1.54, 1.807) is 31.2 Å². The van der Waals surface area contributed by atoms with E-state index in [4.69, 9.17) is 14.2 Å². The van der Waals surface area contributed by atoms with Crippen molar-refractivity contribution in [3.05, 3.63) is 53.8 Å². The molecule has 0 spiro atoms. The Morgan fingerprint density at radius 1 is 1.20 bits per heavy atom. The van der Waals surface area contributed by atoms with Gasteiger partial charge in [0.25, 0.3) is 5.91 Å². The Kier molecular flexibility index (Phi) is 5.13. The van der Waals surface area contributed by atoms with E-state index in [1.165, 1.54) is 12.1 Å². The Hall–Kier alpha value is -3.09. The largest absolute Gasteiger partial charge is 0.486 e. The van der Waals surface area contributed by atoms with Gasteiger partial charge >= 0.3 is 0 Å². The van der Waals surface area contributed by atoms with Crippen LogP contribution in [0.4, 0.5) is 4.39 Å². The van der Waals surface area contributed by atoms with Gasteiger partial charge in [-0.3, -0.25) is 4.79 Å². The predicted octanol–water partition coefficient (Wildman–Crippen LogP) is 2.52. The molecule has 0 aliphatic carbocycles. The van der Waals surface area contributed by atoms with E-state index in [2.05, 4.69) is 10.5 Å². The maximum absolute atomic E-state index is 13.4. The summed E-state index contributed by atoms with van der Waals surface area (Å²) in [4.78, 5) is 11.8. The molecule has 1 aliphatic heterocycles. The number of para-hydroxylation sites is 1. The van der Waals surface area contributed by atoms with Gasteiger partial charge in [0.1, 0.15) is 13.2 Å². The van der Waals surface area contributed by atoms with Gasteiger partial charge in [0, 0.05) is 5.56 Å². The normalized spacial score (nSPS) is 13.3. The number of hydrogen-bond donors (Lipinski definition) is 1. The minimum atomic E-state index is -0.522. The number of fused-ring (bicyclic) bond motifs is 1. The lowest BCUT2D eigenvalue weighted by Gasteiger charge is -2.18. The molecule has 130 valence electrons. The molecule has 3 rings (SSSR count). The van der Waals surface area contributed by atoms with E-state index in [0.717, 1.165) is 5.56 Å². The fraction of sp³-hybridized carbons (Fsp3) is 0.222. The summed E-state index contributed by atoms with van der Waals surface area (Å²) in [5.74, 6) is 0.342. The number of halogens is 1. The number of nitrogens with one attached hydrogen (secondary N) is 1. The van der Waals surface area contributed by atoms with Crippen LogP contribution in [0.25, 0.3) is 0 Å². The molecular weight excluding hydrogens is 327 g/mol. The molecule has 0 saturated carbocycles. The van der Waals surface area contributed by atoms with Crippen molar-refractivity contribution < 1.29 is 23.4 Å². The molecule has 2 aromatic carbocycles. The number of carbonyl (C=O) groups is 1. The van der Waals surface area contributed by atoms with Crippen LogP contribution in [0.1, 0.15) is 12.5 Å². The first-order chi connectivity index (χ1) is 12.1. The Labute approximate surface area is 144 Å². The highest BCUT2D eigenvalue weighted by Gasteiger charge is 2.13. The second-order valence-electron chi connectivity index (χ2n) is 5.31. The van der Waals surface area contributed by atoms with Gasteiger partial charge in [-0.1, -0.05) is 12.1 Å². The summed E-state index contributed by atoms with van der Waals surface area (Å²) in [6.45, 7) is 2.44. The summed E-state index contributed by atoms with van der Waals surface area (Å²) in [6, 6.07) is 11.3. The SMILES string of the molecule is C/C(=N\NC(=O)COc1ccccc1F)c1ccc2c(c1)OCCO2. The minimum Gasteiger partial charge on any atom is -0.486 e. The van der Waals surface area contributed by atoms with Crippen LogP contribution >= 0.6 is 0 Å². The van der Waals surface area contributed by atoms with E-state index < -0.39 is 11.7 Å². The molecule has 7 heteroatoms. The molecule has 0 aromatic heterocycles. The Bertz CT molecular complexity index is 807. The van der Waals surface area contributed by atoms with Crippen molar-refractivity contribution in [3.8, 4) is 17.2 Å². The summed E-state index contributed by atoms with van der Waals surface area (Å²) in [7, 11) is 0. The minimum absolute atomic E-state index is 0.0187. The van der Waals surface area contributed by atoms with E-state index in [9.17, 15) is 9.18 Å². The highest BCUT2D eigenvalue weighted by Crippen LogP contribution is 2.30. The molecule has 1 heterocycles. The van der Waals surface area contributed by atoms with Gasteiger partial charge in [-0.2, -0.15) is 5.10 Å². The summed E-state index contributed by atoms with van der Waals surface area (Å²) >= 11 is 0. The van der Waals surface area contributed by atoms with Gasteiger partial charge in [-0.05, 0) is 37.3 Å². The van der Waals surface area contributed by atoms with E-state index >= 15 is 0 Å². The Balaban J connectivity index is 1.57. The molecule has 0 unspecified atom stereocenters. The molecule has 1 N–H and O–H groups in total. The topological polar surface area (TPSA) is 69.2 Å². The standard InChI is InChI=1S/C18H17FN2O4/c1-12(13-6-7-16-17(10-13)24-9-8-23-16)20-21-18(22)11-25-15-5-3-2-4-14(15)19/h2-7,10H,8-9,11H2,1H3,(H,21,22)/b20-12+. The van der Waals surface area contributed by atoms with Crippen molar-refractivity contribution in [3.63, 3.8) is 0 Å². The van der Waals surface area contributed by atoms with Crippen LogP contribution in [0.3, 0.4) is 0 Å². The first-order valence-corrected chi connectivity index (χ1v) is 7.74. The second kappa shape index (κ2) is 7.65. The van der Waals surface area contributed by atoms with Crippen LogP contribution in [-0.2, 0) is 4.79 Å². The highest BCUT2D eigenvalue weighted by molar-refractivity contribution is 5.99. The average Bonchev–Trinajstić information content (AvgIpc) is 2.65. The van der Waals surface area contributed by atoms with E-state index in [0.29, 0.717) is 30.4 Å². The van der Waals surface area contributed by atoms with Gasteiger partial charge in [-0.25, -0.2) is 9.82 Å². The smallest absolute Gasteiger partial charge is 0.277 e. The molecule has 0 saturated heterocycles. The molecule has 1 amide bonds. The monoisotopic (exact) mass is 344 g/mol. The van der Waals surface area contributed by atoms with Crippen LogP contribution < -0.4 is 19.6 Å². The van der Waals surface area contributed by atoms with E-state index in [-0.39, 0.29) is 12.4 Å². The fourth-order valence-electron chi connectivity index (χ4n) is 2.22. The number of amides is 1. The fourth-order valence-corrected chi connectivity index (χ4v) is 2.22. The maximum Gasteiger partial charge on any atom is 0.277 e. The van der Waals surface area contributed by atoms with Crippen molar-refractivity contribution in [1.82, 2.24) is 5.43 Å². The third-order valence-electron chi connectivity index (χ3n) is 3.50. The molecule has 0 fully saturated rings. The van der Waals surface area contributed by atoms with Crippen molar-refractivity contribution in [2.75, 3.05) is 19.8 Å². The number of nitrogens with zero attached hydrogens (tertiary/aromatic N) is 1. The van der Waals surface area contributed by atoms with Gasteiger partial charge in [0.15, 0.2) is 29.7 Å². The lowest BCUT2D eigenvalue weighted by molar-refractivity contribution is -0.123. The molecule has 25 heavy (non-hydrogen) atoms. The Morgan fingerprint density at radius 2 is 1.96 bits per heavy atom. The van der Waals surface area contributed by atoms with Gasteiger partial charge in [-0.15, -0.1) is 0 Å². The molecule has 0 bridgehead atoms. The molecule has 1 aliphatic rings. The van der Waals surface area contributed by atoms with Gasteiger partial charge in [0.2, 0.25) is 0 Å². The quantitative estimate of drug-likeness (QED) is 0.668. The maximum atomic E-state index is 13.4. The Morgan fingerprint density at radius 3 is 2.76 bits per heavy atom. The number of hydrogen-bond acceptors (Lipinski definition) is 5. The second-order valence-corrected chi connectivity index (χ2v) is 5.31. The molecular formula is C18H17FN2O4. The summed E-state index contributed by atoms with van der Waals surface area (Å²) in [6.07, 6.45) is 0. The van der Waals surface area contributed by atoms with Crippen molar-refractivity contribution in [1.29, 1.82) is 0 Å². The molecule has 0 radical (unpaired) electrons. The van der Waals surface area contributed by atoms with Crippen LogP contribution in [0.2, 0.25) is 0 Å². The number of rotatable bonds is 5. The first kappa shape index (κ1) is 16.8. The predicted molar refractivity (Wildman–Crippen MR) is 89.7 cm³/mol. The van der Waals surface area contributed by atoms with Crippen molar-refractivity contribution >= 4 is 11.6 Å². The first-order valence-electron chi connectivity index (χ1n) is 7.74. The van der Waals surface area contributed by atoms with Crippen LogP contribution in [0, 0.1) is 5.82 Å². The van der Waals surface area contributed by atoms with Crippen LogP contribution in [0.5, 0.6) is 17.2 Å². The third-order valence-corrected chi connectivity index (χ3v) is 3.50. The highest BCUT2D eigenvalue weighted by atomic mass is 19.1. The van der Waals surface area contributed by atoms with Gasteiger partial charge < -0.3 is 14.2 Å². The molecule has 6 nitrogen and oxygen atoms in total. The lowest BCUT2D eigenvalue weighted by atomic mass is 10.1. The zero-order valence-corrected chi connectivity index (χ0v) is 13.6. The molecule has 2 aromatic rings. The lowest BCUT2D eigenvalue weighted by Crippen LogP contribution is -2.25. The van der Waals surface area contributed by atoms with E-state index in [1.807, 2.05) is 6.07 Å². The summed E-state index contributed by atoms with van der Waals surface area (Å²) < 4.78 is 29.5. The number of carbonyl (C=O) groups excluding carboxylic acids is 1. The van der Waals surface area contributed by atoms with Crippen LogP contribution in [0.15, 0.2) is 47.6 Å². The zero-order valence-electron chi connectivity index (χ0n) is 13.6. The van der Waals surface area contributed by atoms with Crippen molar-refractivity contribution in [2.24, 2.45) is 5.10 Å².